The number of hydrogen-bond acceptors (Lipinski definition) is 7. The average Bonchev–Trinajstić information content (AvgIpc) is 2.86. The Hall–Kier alpha value is -2.64. The van der Waals surface area contributed by atoms with Crippen LogP contribution in [0.15, 0.2) is 50.2 Å². The molecule has 0 aliphatic carbocycles. The van der Waals surface area contributed by atoms with Crippen molar-refractivity contribution in [3.05, 3.63) is 84.0 Å². The van der Waals surface area contributed by atoms with Crippen LogP contribution in [0, 0.1) is 0 Å². The van der Waals surface area contributed by atoms with Gasteiger partial charge in [0, 0.05) is 37.6 Å². The molecule has 3 aromatic rings. The molecule has 1 N–H and O–H groups in total. The minimum atomic E-state index is -4.55. The van der Waals surface area contributed by atoms with Gasteiger partial charge in [-0.25, -0.2) is 14.8 Å². The summed E-state index contributed by atoms with van der Waals surface area (Å²) in [6.45, 7) is -0.330. The molecule has 0 aromatic carbocycles. The second-order valence-corrected chi connectivity index (χ2v) is 9.65. The molecule has 3 heterocycles. The Morgan fingerprint density at radius 1 is 0.780 bits per heavy atom. The highest BCUT2D eigenvalue weighted by Gasteiger charge is 2.36. The average molecular weight is 794 g/mol. The minimum Gasteiger partial charge on any atom is -0.465 e. The first-order valence-corrected chi connectivity index (χ1v) is 12.5. The molecule has 0 amide bonds. The molecule has 0 aliphatic heterocycles. The van der Waals surface area contributed by atoms with Crippen molar-refractivity contribution in [3.8, 4) is 0 Å². The van der Waals surface area contributed by atoms with E-state index >= 15 is 0 Å². The van der Waals surface area contributed by atoms with Gasteiger partial charge in [0.1, 0.15) is 0 Å². The maximum atomic E-state index is 12.3. The molecule has 0 saturated carbocycles. The number of rotatable bonds is 3. The number of ether oxygens (including phenoxy) is 1. The van der Waals surface area contributed by atoms with Gasteiger partial charge >= 0.3 is 24.5 Å². The predicted octanol–water partition coefficient (Wildman–Crippen LogP) is 7.68. The summed E-state index contributed by atoms with van der Waals surface area (Å²) in [7, 11) is 1.13. The van der Waals surface area contributed by atoms with Crippen molar-refractivity contribution in [2.24, 2.45) is 0 Å². The fourth-order valence-electron chi connectivity index (χ4n) is 2.37. The minimum absolute atomic E-state index is 0.0441. The van der Waals surface area contributed by atoms with Gasteiger partial charge in [-0.2, -0.15) is 39.5 Å². The van der Waals surface area contributed by atoms with E-state index in [1.165, 1.54) is 6.07 Å². The summed E-state index contributed by atoms with van der Waals surface area (Å²) >= 11 is 8.10. The van der Waals surface area contributed by atoms with Gasteiger partial charge in [0.05, 0.1) is 19.3 Å². The molecule has 3 rings (SSSR count). The largest absolute Gasteiger partial charge is 0.465 e. The fraction of sp³-hybridized carbons (Fsp3) is 0.227. The summed E-state index contributed by atoms with van der Waals surface area (Å²) in [4.78, 5) is 30.6. The summed E-state index contributed by atoms with van der Waals surface area (Å²) in [5.74, 6) is -0.739. The standard InChI is InChI=1S/C8H5BrF3NO2.C7H5BrF3NO.C7H3BrF3NO/c1-15-7(14)4-2-5(9)6(13-3-4)8(10,11)12;2*8-5-1-4(3-13)2-12-6(5)7(9,10)11/h2-3H,1H3;1-2,13H,3H2;1-3H. The van der Waals surface area contributed by atoms with E-state index in [1.54, 1.807) is 0 Å². The van der Waals surface area contributed by atoms with E-state index in [0.29, 0.717) is 11.8 Å². The monoisotopic (exact) mass is 791 g/mol. The Kier molecular flexibility index (Phi) is 13.3. The number of halogens is 12. The lowest BCUT2D eigenvalue weighted by Crippen LogP contribution is -2.11. The quantitative estimate of drug-likeness (QED) is 0.165. The number of esters is 1. The first-order valence-electron chi connectivity index (χ1n) is 10.1. The summed E-state index contributed by atoms with van der Waals surface area (Å²) in [5.41, 5.74) is -2.70. The summed E-state index contributed by atoms with van der Waals surface area (Å²) in [6.07, 6.45) is -10.4. The van der Waals surface area contributed by atoms with Gasteiger partial charge < -0.3 is 9.84 Å². The zero-order valence-corrected chi connectivity index (χ0v) is 24.6. The van der Waals surface area contributed by atoms with Crippen LogP contribution in [0.5, 0.6) is 0 Å². The Morgan fingerprint density at radius 3 is 1.54 bits per heavy atom. The number of pyridine rings is 3. The van der Waals surface area contributed by atoms with Crippen molar-refractivity contribution in [3.63, 3.8) is 0 Å². The second-order valence-electron chi connectivity index (χ2n) is 7.09. The Labute approximate surface area is 249 Å². The molecule has 0 aliphatic rings. The lowest BCUT2D eigenvalue weighted by atomic mass is 10.2. The van der Waals surface area contributed by atoms with E-state index in [2.05, 4.69) is 67.5 Å². The van der Waals surface area contributed by atoms with Crippen LogP contribution in [-0.2, 0) is 29.9 Å². The molecule has 0 spiro atoms. The van der Waals surface area contributed by atoms with Gasteiger partial charge in [-0.05, 0) is 71.6 Å². The van der Waals surface area contributed by atoms with Gasteiger partial charge in [-0.1, -0.05) is 0 Å². The number of aromatic nitrogens is 3. The molecule has 0 bridgehead atoms. The molecule has 3 aromatic heterocycles. The Bertz CT molecular complexity index is 1370. The normalized spacial score (nSPS) is 11.5. The van der Waals surface area contributed by atoms with Gasteiger partial charge in [0.15, 0.2) is 23.4 Å². The maximum absolute atomic E-state index is 12.3. The van der Waals surface area contributed by atoms with Crippen LogP contribution >= 0.6 is 47.8 Å². The van der Waals surface area contributed by atoms with Crippen LogP contribution in [0.1, 0.15) is 43.4 Å². The van der Waals surface area contributed by atoms with Gasteiger partial charge in [-0.3, -0.25) is 9.78 Å². The van der Waals surface area contributed by atoms with E-state index in [-0.39, 0.29) is 31.2 Å². The third-order valence-electron chi connectivity index (χ3n) is 4.15. The van der Waals surface area contributed by atoms with Crippen LogP contribution in [0.25, 0.3) is 0 Å². The highest BCUT2D eigenvalue weighted by atomic mass is 79.9. The third-order valence-corrected chi connectivity index (χ3v) is 5.96. The number of methoxy groups -OCH3 is 1. The van der Waals surface area contributed by atoms with Crippen LogP contribution in [0.2, 0.25) is 0 Å². The van der Waals surface area contributed by atoms with E-state index in [1.807, 2.05) is 0 Å². The van der Waals surface area contributed by atoms with Crippen LogP contribution in [0.3, 0.4) is 0 Å². The van der Waals surface area contributed by atoms with Gasteiger partial charge in [0.25, 0.3) is 0 Å². The molecular formula is C22H13Br3F9N3O4. The van der Waals surface area contributed by atoms with Gasteiger partial charge in [-0.15, -0.1) is 0 Å². The summed E-state index contributed by atoms with van der Waals surface area (Å²) in [6, 6.07) is 3.28. The molecule has 0 atom stereocenters. The highest BCUT2D eigenvalue weighted by Crippen LogP contribution is 2.35. The van der Waals surface area contributed by atoms with Crippen LogP contribution < -0.4 is 0 Å². The lowest BCUT2D eigenvalue weighted by Gasteiger charge is -2.08. The topological polar surface area (TPSA) is 102 Å². The zero-order chi connectivity index (χ0) is 31.8. The number of alkyl halides is 9. The number of hydrogen-bond donors (Lipinski definition) is 1. The number of aliphatic hydroxyl groups excluding tert-OH is 1. The number of carbonyl (C=O) groups excluding carboxylic acids is 2. The van der Waals surface area contributed by atoms with Crippen molar-refractivity contribution >= 4 is 60.0 Å². The second kappa shape index (κ2) is 15.0. The number of aldehydes is 1. The molecule has 224 valence electrons. The number of aliphatic hydroxyl groups is 1. The van der Waals surface area contributed by atoms with Crippen molar-refractivity contribution in [1.29, 1.82) is 0 Å². The molecule has 41 heavy (non-hydrogen) atoms. The fourth-order valence-corrected chi connectivity index (χ4v) is 4.16. The SMILES string of the molecule is COC(=O)c1cnc(C(F)(F)F)c(Br)c1.O=Cc1cnc(C(F)(F)F)c(Br)c1.OCc1cnc(C(F)(F)F)c(Br)c1. The Balaban J connectivity index is 0.000000309. The summed E-state index contributed by atoms with van der Waals surface area (Å²) in [5, 5.41) is 8.61. The molecule has 0 radical (unpaired) electrons. The number of carbonyl (C=O) groups is 2. The maximum Gasteiger partial charge on any atom is 0.434 e. The predicted molar refractivity (Wildman–Crippen MR) is 133 cm³/mol. The van der Waals surface area contributed by atoms with Crippen molar-refractivity contribution in [2.75, 3.05) is 7.11 Å². The molecule has 19 heteroatoms. The molecule has 0 saturated heterocycles. The molecular weight excluding hydrogens is 781 g/mol. The van der Waals surface area contributed by atoms with E-state index in [9.17, 15) is 49.1 Å². The van der Waals surface area contributed by atoms with E-state index in [4.69, 9.17) is 5.11 Å². The zero-order valence-electron chi connectivity index (χ0n) is 19.8. The summed E-state index contributed by atoms with van der Waals surface area (Å²) < 4.78 is 113. The van der Waals surface area contributed by atoms with Crippen molar-refractivity contribution < 1.29 is 58.9 Å². The third kappa shape index (κ3) is 11.3. The molecule has 0 fully saturated rings. The first-order chi connectivity index (χ1) is 18.8. The number of nitrogens with zero attached hydrogens (tertiary/aromatic N) is 3. The molecule has 0 unspecified atom stereocenters. The highest BCUT2D eigenvalue weighted by molar-refractivity contribution is 9.11. The van der Waals surface area contributed by atoms with Crippen LogP contribution in [-0.4, -0.2) is 39.4 Å². The van der Waals surface area contributed by atoms with E-state index in [0.717, 1.165) is 37.8 Å². The van der Waals surface area contributed by atoms with Crippen molar-refractivity contribution in [2.45, 2.75) is 25.1 Å². The van der Waals surface area contributed by atoms with Gasteiger partial charge in [0.2, 0.25) is 0 Å². The van der Waals surface area contributed by atoms with E-state index < -0.39 is 41.6 Å². The van der Waals surface area contributed by atoms with Crippen LogP contribution in [0.4, 0.5) is 39.5 Å². The Morgan fingerprint density at radius 2 is 1.20 bits per heavy atom. The lowest BCUT2D eigenvalue weighted by molar-refractivity contribution is -0.142. The first kappa shape index (κ1) is 36.4. The smallest absolute Gasteiger partial charge is 0.434 e. The molecule has 7 nitrogen and oxygen atoms in total. The van der Waals surface area contributed by atoms with Crippen molar-refractivity contribution in [1.82, 2.24) is 15.0 Å².